The molecule has 0 bridgehead atoms. The van der Waals surface area contributed by atoms with Gasteiger partial charge in [0, 0.05) is 5.69 Å². The van der Waals surface area contributed by atoms with Crippen LogP contribution in [0, 0.1) is 5.82 Å². The molecular weight excluding hydrogens is 363 g/mol. The van der Waals surface area contributed by atoms with Crippen LogP contribution in [0.5, 0.6) is 0 Å². The first kappa shape index (κ1) is 21.1. The number of nitrogens with one attached hydrogen (secondary N) is 2. The molecule has 2 rings (SSSR count). The number of amides is 2. The molecule has 0 fully saturated rings. The van der Waals surface area contributed by atoms with E-state index in [0.29, 0.717) is 11.3 Å². The van der Waals surface area contributed by atoms with E-state index >= 15 is 0 Å². The zero-order valence-corrected chi connectivity index (χ0v) is 16.0. The SMILES string of the molecule is CC(C)(C)c1ccc(C(=O)OCC(=O)NCC(=O)Nc2ccc(F)cc2)cc1. The second-order valence-electron chi connectivity index (χ2n) is 7.24. The highest BCUT2D eigenvalue weighted by molar-refractivity contribution is 5.95. The Labute approximate surface area is 163 Å². The average molecular weight is 386 g/mol. The number of esters is 1. The van der Waals surface area contributed by atoms with E-state index in [0.717, 1.165) is 5.56 Å². The maximum atomic E-state index is 12.8. The number of halogens is 1. The molecular formula is C21H23FN2O4. The molecule has 0 spiro atoms. The zero-order chi connectivity index (χ0) is 20.7. The van der Waals surface area contributed by atoms with E-state index in [2.05, 4.69) is 31.4 Å². The second kappa shape index (κ2) is 9.12. The quantitative estimate of drug-likeness (QED) is 0.748. The molecule has 2 N–H and O–H groups in total. The van der Waals surface area contributed by atoms with Crippen LogP contribution in [0.25, 0.3) is 0 Å². The number of hydrogen-bond donors (Lipinski definition) is 2. The summed E-state index contributed by atoms with van der Waals surface area (Å²) < 4.78 is 17.8. The van der Waals surface area contributed by atoms with E-state index in [9.17, 15) is 18.8 Å². The largest absolute Gasteiger partial charge is 0.452 e. The molecule has 6 nitrogen and oxygen atoms in total. The molecule has 0 aromatic heterocycles. The number of hydrogen-bond acceptors (Lipinski definition) is 4. The summed E-state index contributed by atoms with van der Waals surface area (Å²) in [5, 5.41) is 4.85. The lowest BCUT2D eigenvalue weighted by molar-refractivity contribution is -0.126. The number of carbonyl (C=O) groups is 3. The number of carbonyl (C=O) groups excluding carboxylic acids is 3. The van der Waals surface area contributed by atoms with Crippen LogP contribution in [0.15, 0.2) is 48.5 Å². The third-order valence-electron chi connectivity index (χ3n) is 3.90. The highest BCUT2D eigenvalue weighted by Crippen LogP contribution is 2.22. The van der Waals surface area contributed by atoms with Gasteiger partial charge in [0.2, 0.25) is 5.91 Å². The Hall–Kier alpha value is -3.22. The van der Waals surface area contributed by atoms with Gasteiger partial charge in [0.1, 0.15) is 5.82 Å². The van der Waals surface area contributed by atoms with Gasteiger partial charge in [-0.15, -0.1) is 0 Å². The molecule has 0 aliphatic rings. The minimum absolute atomic E-state index is 0.0309. The van der Waals surface area contributed by atoms with Crippen LogP contribution >= 0.6 is 0 Å². The number of anilines is 1. The first-order valence-corrected chi connectivity index (χ1v) is 8.75. The fourth-order valence-electron chi connectivity index (χ4n) is 2.29. The third kappa shape index (κ3) is 6.50. The molecule has 2 aromatic carbocycles. The van der Waals surface area contributed by atoms with Gasteiger partial charge in [-0.2, -0.15) is 0 Å². The van der Waals surface area contributed by atoms with E-state index in [1.165, 1.54) is 24.3 Å². The molecule has 0 aliphatic carbocycles. The second-order valence-corrected chi connectivity index (χ2v) is 7.24. The summed E-state index contributed by atoms with van der Waals surface area (Å²) in [5.41, 5.74) is 1.80. The summed E-state index contributed by atoms with van der Waals surface area (Å²) in [5.74, 6) is -2.12. The van der Waals surface area contributed by atoms with Crippen molar-refractivity contribution in [2.24, 2.45) is 0 Å². The molecule has 0 heterocycles. The van der Waals surface area contributed by atoms with E-state index in [4.69, 9.17) is 4.74 Å². The van der Waals surface area contributed by atoms with Crippen molar-refractivity contribution < 1.29 is 23.5 Å². The Morgan fingerprint density at radius 2 is 1.54 bits per heavy atom. The first-order chi connectivity index (χ1) is 13.1. The van der Waals surface area contributed by atoms with E-state index < -0.39 is 30.2 Å². The van der Waals surface area contributed by atoms with Crippen LogP contribution in [0.4, 0.5) is 10.1 Å². The lowest BCUT2D eigenvalue weighted by atomic mass is 9.87. The molecule has 0 aliphatic heterocycles. The predicted octanol–water partition coefficient (Wildman–Crippen LogP) is 3.03. The van der Waals surface area contributed by atoms with Gasteiger partial charge in [-0.3, -0.25) is 9.59 Å². The minimum Gasteiger partial charge on any atom is -0.452 e. The van der Waals surface area contributed by atoms with Gasteiger partial charge in [-0.25, -0.2) is 9.18 Å². The highest BCUT2D eigenvalue weighted by atomic mass is 19.1. The monoisotopic (exact) mass is 386 g/mol. The average Bonchev–Trinajstić information content (AvgIpc) is 2.65. The maximum Gasteiger partial charge on any atom is 0.338 e. The van der Waals surface area contributed by atoms with Gasteiger partial charge >= 0.3 is 5.97 Å². The summed E-state index contributed by atoms with van der Waals surface area (Å²) in [6, 6.07) is 12.2. The van der Waals surface area contributed by atoms with E-state index in [1.54, 1.807) is 12.1 Å². The van der Waals surface area contributed by atoms with Crippen molar-refractivity contribution in [1.29, 1.82) is 0 Å². The Bertz CT molecular complexity index is 840. The molecule has 7 heteroatoms. The van der Waals surface area contributed by atoms with E-state index in [1.807, 2.05) is 12.1 Å². The van der Waals surface area contributed by atoms with Crippen molar-refractivity contribution in [1.82, 2.24) is 5.32 Å². The van der Waals surface area contributed by atoms with Crippen LogP contribution in [0.3, 0.4) is 0 Å². The molecule has 0 saturated carbocycles. The summed E-state index contributed by atoms with van der Waals surface area (Å²) >= 11 is 0. The molecule has 148 valence electrons. The number of ether oxygens (including phenoxy) is 1. The Morgan fingerprint density at radius 1 is 0.929 bits per heavy atom. The van der Waals surface area contributed by atoms with Gasteiger partial charge < -0.3 is 15.4 Å². The Morgan fingerprint density at radius 3 is 2.11 bits per heavy atom. The standard InChI is InChI=1S/C21H23FN2O4/c1-21(2,3)15-6-4-14(5-7-15)20(27)28-13-19(26)23-12-18(25)24-17-10-8-16(22)9-11-17/h4-11H,12-13H2,1-3H3,(H,23,26)(H,24,25). The topological polar surface area (TPSA) is 84.5 Å². The predicted molar refractivity (Wildman–Crippen MR) is 103 cm³/mol. The van der Waals surface area contributed by atoms with Crippen LogP contribution in [-0.2, 0) is 19.7 Å². The fourth-order valence-corrected chi connectivity index (χ4v) is 2.29. The number of rotatable bonds is 6. The Kier molecular flexibility index (Phi) is 6.87. The normalized spacial score (nSPS) is 10.9. The maximum absolute atomic E-state index is 12.8. The summed E-state index contributed by atoms with van der Waals surface area (Å²) in [4.78, 5) is 35.5. The van der Waals surface area contributed by atoms with E-state index in [-0.39, 0.29) is 12.0 Å². The van der Waals surface area contributed by atoms with Crippen LogP contribution in [0.2, 0.25) is 0 Å². The van der Waals surface area contributed by atoms with Gasteiger partial charge in [-0.1, -0.05) is 32.9 Å². The van der Waals surface area contributed by atoms with Gasteiger partial charge in [0.15, 0.2) is 6.61 Å². The van der Waals surface area contributed by atoms with Crippen LogP contribution < -0.4 is 10.6 Å². The van der Waals surface area contributed by atoms with Crippen molar-refractivity contribution in [3.8, 4) is 0 Å². The summed E-state index contributed by atoms with van der Waals surface area (Å²) in [7, 11) is 0. The van der Waals surface area contributed by atoms with Gasteiger partial charge in [-0.05, 0) is 47.4 Å². The number of benzene rings is 2. The molecule has 0 unspecified atom stereocenters. The van der Waals surface area contributed by atoms with Gasteiger partial charge in [0.05, 0.1) is 12.1 Å². The van der Waals surface area contributed by atoms with Crippen molar-refractivity contribution in [2.75, 3.05) is 18.5 Å². The minimum atomic E-state index is -0.619. The van der Waals surface area contributed by atoms with Crippen LogP contribution in [0.1, 0.15) is 36.7 Å². The molecule has 0 radical (unpaired) electrons. The van der Waals surface area contributed by atoms with Crippen molar-refractivity contribution >= 4 is 23.5 Å². The molecule has 2 aromatic rings. The summed E-state index contributed by atoms with van der Waals surface area (Å²) in [6.07, 6.45) is 0. The molecule has 2 amide bonds. The highest BCUT2D eigenvalue weighted by Gasteiger charge is 2.15. The fraction of sp³-hybridized carbons (Fsp3) is 0.286. The lowest BCUT2D eigenvalue weighted by Crippen LogP contribution is -2.35. The van der Waals surface area contributed by atoms with Gasteiger partial charge in [0.25, 0.3) is 5.91 Å². The van der Waals surface area contributed by atoms with Crippen LogP contribution in [-0.4, -0.2) is 30.9 Å². The zero-order valence-electron chi connectivity index (χ0n) is 16.0. The molecule has 0 atom stereocenters. The van der Waals surface area contributed by atoms with Crippen molar-refractivity contribution in [3.63, 3.8) is 0 Å². The van der Waals surface area contributed by atoms with Crippen molar-refractivity contribution in [2.45, 2.75) is 26.2 Å². The molecule has 0 saturated heterocycles. The molecule has 28 heavy (non-hydrogen) atoms. The van der Waals surface area contributed by atoms with Crippen molar-refractivity contribution in [3.05, 3.63) is 65.5 Å². The smallest absolute Gasteiger partial charge is 0.338 e. The Balaban J connectivity index is 1.74. The lowest BCUT2D eigenvalue weighted by Gasteiger charge is -2.18. The third-order valence-corrected chi connectivity index (χ3v) is 3.90. The summed E-state index contributed by atoms with van der Waals surface area (Å²) in [6.45, 7) is 5.41. The first-order valence-electron chi connectivity index (χ1n) is 8.75.